The highest BCUT2D eigenvalue weighted by atomic mass is 14.9. The molecule has 0 amide bonds. The van der Waals surface area contributed by atoms with E-state index in [0.29, 0.717) is 5.69 Å². The van der Waals surface area contributed by atoms with Crippen LogP contribution in [0.1, 0.15) is 46.0 Å². The third-order valence-electron chi connectivity index (χ3n) is 5.27. The summed E-state index contributed by atoms with van der Waals surface area (Å²) in [7, 11) is 2.00. The fourth-order valence-electron chi connectivity index (χ4n) is 3.98. The van der Waals surface area contributed by atoms with Crippen molar-refractivity contribution >= 4 is 0 Å². The molecule has 126 valence electrons. The van der Waals surface area contributed by atoms with Gasteiger partial charge in [0.15, 0.2) is 6.20 Å². The molecule has 0 radical (unpaired) electrons. The molecule has 1 aromatic carbocycles. The van der Waals surface area contributed by atoms with Crippen molar-refractivity contribution in [3.63, 3.8) is 0 Å². The van der Waals surface area contributed by atoms with Crippen molar-refractivity contribution in [3.8, 4) is 22.4 Å². The van der Waals surface area contributed by atoms with Gasteiger partial charge in [0, 0.05) is 32.9 Å². The second-order valence-electron chi connectivity index (χ2n) is 7.35. The summed E-state index contributed by atoms with van der Waals surface area (Å²) < 4.78 is 27.5. The van der Waals surface area contributed by atoms with Crippen LogP contribution in [0.2, 0.25) is 0 Å². The predicted octanol–water partition coefficient (Wildman–Crippen LogP) is 4.80. The standard InChI is InChI=1S/C23H25N2/c1-14-11-12-25(6)19(13-14)20-15(2)7-9-17-18-10-8-16(3)24-22(18)23(4,5)21(17)20/h7-13H,1-6H3/q+1/i4D3. The van der Waals surface area contributed by atoms with E-state index in [9.17, 15) is 0 Å². The van der Waals surface area contributed by atoms with Gasteiger partial charge in [0.25, 0.3) is 0 Å². The van der Waals surface area contributed by atoms with Crippen molar-refractivity contribution in [3.05, 3.63) is 70.7 Å². The molecule has 1 aliphatic rings. The molecule has 3 aromatic rings. The van der Waals surface area contributed by atoms with E-state index >= 15 is 0 Å². The summed E-state index contributed by atoms with van der Waals surface area (Å²) in [6, 6.07) is 12.3. The van der Waals surface area contributed by atoms with Crippen molar-refractivity contribution in [1.29, 1.82) is 0 Å². The number of pyridine rings is 2. The first-order chi connectivity index (χ1) is 13.1. The quantitative estimate of drug-likeness (QED) is 0.585. The normalized spacial score (nSPS) is 20.4. The van der Waals surface area contributed by atoms with Gasteiger partial charge in [-0.3, -0.25) is 4.98 Å². The van der Waals surface area contributed by atoms with E-state index in [2.05, 4.69) is 42.7 Å². The highest BCUT2D eigenvalue weighted by Gasteiger charge is 2.40. The van der Waals surface area contributed by atoms with Crippen molar-refractivity contribution < 1.29 is 8.68 Å². The Bertz CT molecular complexity index is 1120. The van der Waals surface area contributed by atoms with Gasteiger partial charge in [-0.25, -0.2) is 4.57 Å². The monoisotopic (exact) mass is 332 g/mol. The van der Waals surface area contributed by atoms with Gasteiger partial charge >= 0.3 is 0 Å². The molecule has 2 aromatic heterocycles. The van der Waals surface area contributed by atoms with Crippen molar-refractivity contribution in [2.24, 2.45) is 7.05 Å². The van der Waals surface area contributed by atoms with Gasteiger partial charge in [0.1, 0.15) is 7.05 Å². The van der Waals surface area contributed by atoms with Crippen molar-refractivity contribution in [2.45, 2.75) is 40.0 Å². The number of benzene rings is 1. The minimum Gasteiger partial charge on any atom is -0.257 e. The average Bonchev–Trinajstić information content (AvgIpc) is 2.87. The first-order valence-electron chi connectivity index (χ1n) is 10.1. The minimum atomic E-state index is -2.22. The largest absolute Gasteiger partial charge is 0.257 e. The zero-order valence-corrected chi connectivity index (χ0v) is 15.4. The third-order valence-corrected chi connectivity index (χ3v) is 5.27. The predicted molar refractivity (Wildman–Crippen MR) is 103 cm³/mol. The summed E-state index contributed by atoms with van der Waals surface area (Å²) in [5.74, 6) is 0. The molecule has 25 heavy (non-hydrogen) atoms. The van der Waals surface area contributed by atoms with Crippen LogP contribution in [-0.4, -0.2) is 4.98 Å². The average molecular weight is 332 g/mol. The lowest BCUT2D eigenvalue weighted by molar-refractivity contribution is -0.660. The van der Waals surface area contributed by atoms with Crippen LogP contribution in [0, 0.1) is 20.8 Å². The molecule has 1 atom stereocenters. The van der Waals surface area contributed by atoms with Gasteiger partial charge in [-0.15, -0.1) is 0 Å². The Morgan fingerprint density at radius 3 is 2.56 bits per heavy atom. The van der Waals surface area contributed by atoms with E-state index in [1.165, 1.54) is 0 Å². The van der Waals surface area contributed by atoms with E-state index in [1.54, 1.807) is 0 Å². The lowest BCUT2D eigenvalue weighted by Crippen LogP contribution is -2.32. The molecule has 2 nitrogen and oxygen atoms in total. The number of fused-ring (bicyclic) bond motifs is 3. The number of rotatable bonds is 1. The molecular weight excluding hydrogens is 304 g/mol. The highest BCUT2D eigenvalue weighted by Crippen LogP contribution is 2.51. The first kappa shape index (κ1) is 12.8. The second kappa shape index (κ2) is 5.26. The summed E-state index contributed by atoms with van der Waals surface area (Å²) in [5.41, 5.74) is 7.33. The van der Waals surface area contributed by atoms with Crippen molar-refractivity contribution in [1.82, 2.24) is 4.98 Å². The molecule has 2 heterocycles. The molecule has 0 saturated heterocycles. The fraction of sp³-hybridized carbons (Fsp3) is 0.304. The maximum atomic E-state index is 8.47. The third kappa shape index (κ3) is 2.24. The Kier molecular flexibility index (Phi) is 2.70. The smallest absolute Gasteiger partial charge is 0.213 e. The summed E-state index contributed by atoms with van der Waals surface area (Å²) in [4.78, 5) is 4.73. The van der Waals surface area contributed by atoms with Crippen LogP contribution < -0.4 is 4.57 Å². The van der Waals surface area contributed by atoms with Gasteiger partial charge in [-0.2, -0.15) is 0 Å². The number of aryl methyl sites for hydroxylation is 4. The molecule has 0 N–H and O–H groups in total. The van der Waals surface area contributed by atoms with Crippen LogP contribution in [0.15, 0.2) is 42.6 Å². The number of hydrogen-bond donors (Lipinski definition) is 0. The molecule has 4 rings (SSSR count). The highest BCUT2D eigenvalue weighted by molar-refractivity contribution is 5.87. The van der Waals surface area contributed by atoms with E-state index in [-0.39, 0.29) is 0 Å². The molecule has 0 bridgehead atoms. The Morgan fingerprint density at radius 1 is 1.04 bits per heavy atom. The van der Waals surface area contributed by atoms with Gasteiger partial charge in [-0.1, -0.05) is 32.0 Å². The summed E-state index contributed by atoms with van der Waals surface area (Å²) >= 11 is 0. The van der Waals surface area contributed by atoms with Gasteiger partial charge in [0.2, 0.25) is 5.69 Å². The molecule has 1 aliphatic carbocycles. The molecule has 2 heteroatoms. The van der Waals surface area contributed by atoms with Crippen LogP contribution >= 0.6 is 0 Å². The summed E-state index contributed by atoms with van der Waals surface area (Å²) in [5, 5.41) is 0. The SMILES string of the molecule is [2H]C([2H])([2H])C1(C)c2nc(C)ccc2-c2ccc(C)c(-c3cc(C)cc[n+]3C)c21. The van der Waals surface area contributed by atoms with E-state index in [1.807, 2.05) is 39.2 Å². The van der Waals surface area contributed by atoms with Crippen LogP contribution in [0.4, 0.5) is 0 Å². The molecule has 0 saturated carbocycles. The topological polar surface area (TPSA) is 16.8 Å². The minimum absolute atomic E-state index is 0.657. The fourth-order valence-corrected chi connectivity index (χ4v) is 3.98. The molecule has 1 unspecified atom stereocenters. The zero-order chi connectivity index (χ0) is 20.4. The Balaban J connectivity index is 2.18. The Hall–Kier alpha value is -2.48. The molecule has 0 spiro atoms. The van der Waals surface area contributed by atoms with Gasteiger partial charge in [0.05, 0.1) is 11.3 Å². The lowest BCUT2D eigenvalue weighted by Gasteiger charge is -2.24. The van der Waals surface area contributed by atoms with Gasteiger partial charge < -0.3 is 0 Å². The van der Waals surface area contributed by atoms with Crippen LogP contribution in [0.25, 0.3) is 22.4 Å². The van der Waals surface area contributed by atoms with Crippen LogP contribution in [-0.2, 0) is 12.5 Å². The van der Waals surface area contributed by atoms with Gasteiger partial charge in [-0.05, 0) is 49.1 Å². The molecular formula is C23H25N2+. The Morgan fingerprint density at radius 2 is 1.80 bits per heavy atom. The zero-order valence-electron chi connectivity index (χ0n) is 18.4. The maximum absolute atomic E-state index is 8.47. The van der Waals surface area contributed by atoms with Crippen LogP contribution in [0.3, 0.4) is 0 Å². The van der Waals surface area contributed by atoms with E-state index in [0.717, 1.165) is 44.8 Å². The summed E-state index contributed by atoms with van der Waals surface area (Å²) in [6.45, 7) is 5.63. The first-order valence-corrected chi connectivity index (χ1v) is 8.65. The maximum Gasteiger partial charge on any atom is 0.213 e. The van der Waals surface area contributed by atoms with Crippen molar-refractivity contribution in [2.75, 3.05) is 0 Å². The summed E-state index contributed by atoms with van der Waals surface area (Å²) in [6.07, 6.45) is 2.03. The lowest BCUT2D eigenvalue weighted by atomic mass is 9.80. The van der Waals surface area contributed by atoms with E-state index in [4.69, 9.17) is 9.10 Å². The van der Waals surface area contributed by atoms with Crippen LogP contribution in [0.5, 0.6) is 0 Å². The number of aromatic nitrogens is 2. The van der Waals surface area contributed by atoms with E-state index < -0.39 is 12.3 Å². The number of hydrogen-bond acceptors (Lipinski definition) is 1. The molecule has 0 aliphatic heterocycles. The number of nitrogens with zero attached hydrogens (tertiary/aromatic N) is 2. The second-order valence-corrected chi connectivity index (χ2v) is 7.35. The molecule has 0 fully saturated rings. The Labute approximate surface area is 154 Å².